The van der Waals surface area contributed by atoms with Crippen molar-refractivity contribution in [2.24, 2.45) is 11.5 Å². The van der Waals surface area contributed by atoms with Gasteiger partial charge in [0.25, 0.3) is 11.8 Å². The van der Waals surface area contributed by atoms with Crippen molar-refractivity contribution in [2.45, 2.75) is 13.8 Å². The van der Waals surface area contributed by atoms with Gasteiger partial charge >= 0.3 is 0 Å². The molecule has 98 valence electrons. The highest BCUT2D eigenvalue weighted by Crippen LogP contribution is 2.29. The minimum Gasteiger partial charge on any atom is -0.464 e. The maximum atomic E-state index is 11.5. The van der Waals surface area contributed by atoms with Crippen LogP contribution in [0, 0.1) is 13.8 Å². The van der Waals surface area contributed by atoms with Crippen molar-refractivity contribution < 1.29 is 14.0 Å². The van der Waals surface area contributed by atoms with Crippen LogP contribution in [0.4, 0.5) is 0 Å². The Morgan fingerprint density at radius 1 is 1.16 bits per heavy atom. The van der Waals surface area contributed by atoms with Crippen molar-refractivity contribution in [3.05, 3.63) is 35.1 Å². The predicted molar refractivity (Wildman–Crippen MR) is 66.2 cm³/mol. The zero-order valence-electron chi connectivity index (χ0n) is 10.4. The van der Waals surface area contributed by atoms with Crippen LogP contribution in [0.25, 0.3) is 11.3 Å². The smallest absolute Gasteiger partial charge is 0.286 e. The summed E-state index contributed by atoms with van der Waals surface area (Å²) in [6.07, 6.45) is 1.48. The highest BCUT2D eigenvalue weighted by atomic mass is 16.3. The summed E-state index contributed by atoms with van der Waals surface area (Å²) >= 11 is 0. The highest BCUT2D eigenvalue weighted by molar-refractivity contribution is 5.99. The molecule has 19 heavy (non-hydrogen) atoms. The van der Waals surface area contributed by atoms with Crippen molar-refractivity contribution in [3.8, 4) is 11.3 Å². The van der Waals surface area contributed by atoms with Crippen molar-refractivity contribution in [1.29, 1.82) is 0 Å². The molecule has 0 aliphatic rings. The first kappa shape index (κ1) is 12.7. The summed E-state index contributed by atoms with van der Waals surface area (Å²) in [5.74, 6) is -1.41. The van der Waals surface area contributed by atoms with Gasteiger partial charge in [0.05, 0.1) is 17.5 Å². The van der Waals surface area contributed by atoms with E-state index in [1.165, 1.54) is 6.26 Å². The number of furan rings is 1. The van der Waals surface area contributed by atoms with Crippen LogP contribution < -0.4 is 11.5 Å². The Labute approximate surface area is 108 Å². The van der Waals surface area contributed by atoms with Crippen LogP contribution in [-0.2, 0) is 0 Å². The molecule has 0 saturated carbocycles. The molecule has 2 aromatic heterocycles. The van der Waals surface area contributed by atoms with Gasteiger partial charge in [-0.25, -0.2) is 9.97 Å². The number of hydrogen-bond donors (Lipinski definition) is 2. The number of carbonyl (C=O) groups is 2. The third-order valence-corrected chi connectivity index (χ3v) is 2.63. The number of aromatic nitrogens is 2. The van der Waals surface area contributed by atoms with Crippen molar-refractivity contribution in [1.82, 2.24) is 9.97 Å². The Bertz CT molecular complexity index is 676. The third kappa shape index (κ3) is 2.17. The van der Waals surface area contributed by atoms with Crippen LogP contribution in [0.1, 0.15) is 32.4 Å². The fraction of sp³-hybridized carbons (Fsp3) is 0.167. The fourth-order valence-electron chi connectivity index (χ4n) is 1.76. The van der Waals surface area contributed by atoms with E-state index in [0.717, 1.165) is 5.56 Å². The fourth-order valence-corrected chi connectivity index (χ4v) is 1.76. The second-order valence-corrected chi connectivity index (χ2v) is 4.02. The highest BCUT2D eigenvalue weighted by Gasteiger charge is 2.22. The number of hydrogen-bond acceptors (Lipinski definition) is 5. The molecular weight excluding hydrogens is 248 g/mol. The SMILES string of the molecule is Cc1ccoc1-c1c(C)nc(C(N)=O)nc1C(N)=O. The van der Waals surface area contributed by atoms with Crippen LogP contribution in [0.15, 0.2) is 16.7 Å². The molecule has 2 rings (SSSR count). The summed E-state index contributed by atoms with van der Waals surface area (Å²) < 4.78 is 5.32. The van der Waals surface area contributed by atoms with Gasteiger partial charge < -0.3 is 15.9 Å². The number of aryl methyl sites for hydroxylation is 2. The molecule has 0 bridgehead atoms. The zero-order chi connectivity index (χ0) is 14.2. The molecule has 0 aliphatic carbocycles. The Hall–Kier alpha value is -2.70. The van der Waals surface area contributed by atoms with Crippen molar-refractivity contribution in [2.75, 3.05) is 0 Å². The Kier molecular flexibility index (Phi) is 3.04. The molecule has 0 spiro atoms. The van der Waals surface area contributed by atoms with E-state index in [4.69, 9.17) is 15.9 Å². The van der Waals surface area contributed by atoms with Crippen molar-refractivity contribution in [3.63, 3.8) is 0 Å². The lowest BCUT2D eigenvalue weighted by Gasteiger charge is -2.09. The van der Waals surface area contributed by atoms with E-state index in [-0.39, 0.29) is 11.5 Å². The largest absolute Gasteiger partial charge is 0.464 e. The number of primary amides is 2. The van der Waals surface area contributed by atoms with Crippen LogP contribution in [0.5, 0.6) is 0 Å². The van der Waals surface area contributed by atoms with Gasteiger partial charge in [-0.3, -0.25) is 9.59 Å². The maximum absolute atomic E-state index is 11.5. The molecule has 0 unspecified atom stereocenters. The minimum absolute atomic E-state index is 0.0839. The summed E-state index contributed by atoms with van der Waals surface area (Å²) in [4.78, 5) is 30.4. The summed E-state index contributed by atoms with van der Waals surface area (Å²) in [7, 11) is 0. The lowest BCUT2D eigenvalue weighted by Crippen LogP contribution is -2.22. The van der Waals surface area contributed by atoms with Crippen LogP contribution in [0.2, 0.25) is 0 Å². The van der Waals surface area contributed by atoms with E-state index in [1.807, 2.05) is 6.92 Å². The quantitative estimate of drug-likeness (QED) is 0.833. The first-order chi connectivity index (χ1) is 8.91. The first-order valence-corrected chi connectivity index (χ1v) is 5.44. The van der Waals surface area contributed by atoms with Crippen LogP contribution >= 0.6 is 0 Å². The Morgan fingerprint density at radius 2 is 1.84 bits per heavy atom. The standard InChI is InChI=1S/C12H12N4O3/c1-5-3-4-19-9(5)7-6(2)15-12(11(14)18)16-8(7)10(13)17/h3-4H,1-2H3,(H2,13,17)(H2,14,18). The van der Waals surface area contributed by atoms with Gasteiger partial charge in [0.2, 0.25) is 5.82 Å². The summed E-state index contributed by atoms with van der Waals surface area (Å²) in [6.45, 7) is 3.43. The molecule has 0 saturated heterocycles. The minimum atomic E-state index is -0.826. The molecule has 2 amide bonds. The molecule has 2 heterocycles. The summed E-state index contributed by atoms with van der Waals surface area (Å²) in [5.41, 5.74) is 11.9. The van der Waals surface area contributed by atoms with Crippen LogP contribution in [-0.4, -0.2) is 21.8 Å². The molecule has 7 nitrogen and oxygen atoms in total. The van der Waals surface area contributed by atoms with E-state index in [1.54, 1.807) is 13.0 Å². The van der Waals surface area contributed by atoms with Crippen LogP contribution in [0.3, 0.4) is 0 Å². The monoisotopic (exact) mass is 260 g/mol. The average molecular weight is 260 g/mol. The molecule has 4 N–H and O–H groups in total. The lowest BCUT2D eigenvalue weighted by atomic mass is 10.1. The van der Waals surface area contributed by atoms with Gasteiger partial charge in [0, 0.05) is 0 Å². The number of rotatable bonds is 3. The number of nitrogens with zero attached hydrogens (tertiary/aromatic N) is 2. The van der Waals surface area contributed by atoms with Gasteiger partial charge in [-0.15, -0.1) is 0 Å². The average Bonchev–Trinajstić information content (AvgIpc) is 2.74. The molecule has 7 heteroatoms. The molecule has 0 fully saturated rings. The molecule has 0 aromatic carbocycles. The van der Waals surface area contributed by atoms with E-state index in [2.05, 4.69) is 9.97 Å². The maximum Gasteiger partial charge on any atom is 0.286 e. The van der Waals surface area contributed by atoms with E-state index < -0.39 is 11.8 Å². The number of carbonyl (C=O) groups excluding carboxylic acids is 2. The first-order valence-electron chi connectivity index (χ1n) is 5.44. The second kappa shape index (κ2) is 4.52. The van der Waals surface area contributed by atoms with E-state index in [0.29, 0.717) is 17.0 Å². The van der Waals surface area contributed by atoms with Gasteiger partial charge in [0.15, 0.2) is 0 Å². The topological polar surface area (TPSA) is 125 Å². The molecule has 0 radical (unpaired) electrons. The number of amides is 2. The van der Waals surface area contributed by atoms with Gasteiger partial charge in [-0.05, 0) is 25.5 Å². The Balaban J connectivity index is 2.77. The zero-order valence-corrected chi connectivity index (χ0v) is 10.4. The van der Waals surface area contributed by atoms with Gasteiger partial charge in [-0.2, -0.15) is 0 Å². The summed E-state index contributed by atoms with van der Waals surface area (Å²) in [5, 5.41) is 0. The summed E-state index contributed by atoms with van der Waals surface area (Å²) in [6, 6.07) is 1.74. The molecule has 2 aromatic rings. The van der Waals surface area contributed by atoms with E-state index in [9.17, 15) is 9.59 Å². The molecule has 0 atom stereocenters. The second-order valence-electron chi connectivity index (χ2n) is 4.02. The predicted octanol–water partition coefficient (Wildman–Crippen LogP) is 0.551. The Morgan fingerprint density at radius 3 is 2.32 bits per heavy atom. The van der Waals surface area contributed by atoms with Crippen molar-refractivity contribution >= 4 is 11.8 Å². The van der Waals surface area contributed by atoms with E-state index >= 15 is 0 Å². The number of nitrogens with two attached hydrogens (primary N) is 2. The molecular formula is C12H12N4O3. The van der Waals surface area contributed by atoms with Gasteiger partial charge in [-0.1, -0.05) is 0 Å². The van der Waals surface area contributed by atoms with Gasteiger partial charge in [0.1, 0.15) is 11.5 Å². The normalized spacial score (nSPS) is 10.4. The molecule has 0 aliphatic heterocycles. The lowest BCUT2D eigenvalue weighted by molar-refractivity contribution is 0.0987. The third-order valence-electron chi connectivity index (χ3n) is 2.63.